The summed E-state index contributed by atoms with van der Waals surface area (Å²) in [5.74, 6) is -0.143. The molecule has 0 bridgehead atoms. The van der Waals surface area contributed by atoms with Crippen LogP contribution in [0.1, 0.15) is 6.92 Å². The number of nitrogens with one attached hydrogen (secondary N) is 2. The summed E-state index contributed by atoms with van der Waals surface area (Å²) in [6, 6.07) is -0.256. The average molecular weight is 189 g/mol. The molecule has 0 fully saturated rings. The molecule has 0 aromatic rings. The van der Waals surface area contributed by atoms with E-state index in [1.54, 1.807) is 14.0 Å². The standard InChI is InChI=1S/C7H15N3O3/c1-5(9-2)6(11)10-3-4-13-7(8)12/h5,9H,3-4H2,1-2H3,(H2,8,12)(H,10,11). The van der Waals surface area contributed by atoms with Gasteiger partial charge in [-0.15, -0.1) is 0 Å². The van der Waals surface area contributed by atoms with Crippen LogP contribution in [0.25, 0.3) is 0 Å². The second kappa shape index (κ2) is 6.24. The van der Waals surface area contributed by atoms with Crippen molar-refractivity contribution in [3.05, 3.63) is 0 Å². The zero-order valence-electron chi connectivity index (χ0n) is 7.79. The van der Waals surface area contributed by atoms with Crippen LogP contribution in [-0.2, 0) is 9.53 Å². The summed E-state index contributed by atoms with van der Waals surface area (Å²) < 4.78 is 4.41. The maximum atomic E-state index is 11.1. The van der Waals surface area contributed by atoms with Gasteiger partial charge in [0.1, 0.15) is 6.61 Å². The van der Waals surface area contributed by atoms with Gasteiger partial charge in [-0.1, -0.05) is 0 Å². The number of rotatable bonds is 5. The molecule has 6 heteroatoms. The molecule has 2 amide bonds. The number of ether oxygens (including phenoxy) is 1. The predicted octanol–water partition coefficient (Wildman–Crippen LogP) is -1.19. The van der Waals surface area contributed by atoms with Gasteiger partial charge in [-0.05, 0) is 14.0 Å². The molecule has 0 heterocycles. The quantitative estimate of drug-likeness (QED) is 0.474. The van der Waals surface area contributed by atoms with Gasteiger partial charge in [-0.25, -0.2) is 4.79 Å². The summed E-state index contributed by atoms with van der Waals surface area (Å²) in [7, 11) is 1.68. The number of likely N-dealkylation sites (N-methyl/N-ethyl adjacent to an activating group) is 1. The Morgan fingerprint density at radius 3 is 2.62 bits per heavy atom. The highest BCUT2D eigenvalue weighted by molar-refractivity contribution is 5.81. The molecule has 0 spiro atoms. The van der Waals surface area contributed by atoms with E-state index < -0.39 is 6.09 Å². The van der Waals surface area contributed by atoms with Crippen molar-refractivity contribution >= 4 is 12.0 Å². The molecule has 0 saturated heterocycles. The van der Waals surface area contributed by atoms with E-state index >= 15 is 0 Å². The Kier molecular flexibility index (Phi) is 5.62. The third-order valence-electron chi connectivity index (χ3n) is 1.47. The number of primary amides is 1. The zero-order chi connectivity index (χ0) is 10.3. The average Bonchev–Trinajstić information content (AvgIpc) is 2.10. The molecule has 0 aliphatic heterocycles. The van der Waals surface area contributed by atoms with Crippen molar-refractivity contribution in [1.82, 2.24) is 10.6 Å². The molecule has 0 rings (SSSR count). The molecule has 4 N–H and O–H groups in total. The lowest BCUT2D eigenvalue weighted by Crippen LogP contribution is -2.41. The Hall–Kier alpha value is -1.30. The number of hydrogen-bond donors (Lipinski definition) is 3. The number of nitrogens with two attached hydrogens (primary N) is 1. The second-order valence-corrected chi connectivity index (χ2v) is 2.47. The monoisotopic (exact) mass is 189 g/mol. The van der Waals surface area contributed by atoms with Crippen LogP contribution in [-0.4, -0.2) is 38.2 Å². The SMILES string of the molecule is CNC(C)C(=O)NCCOC(N)=O. The van der Waals surface area contributed by atoms with Gasteiger partial charge in [0.05, 0.1) is 12.6 Å². The predicted molar refractivity (Wildman–Crippen MR) is 47.1 cm³/mol. The van der Waals surface area contributed by atoms with E-state index in [1.165, 1.54) is 0 Å². The molecule has 0 aromatic heterocycles. The maximum absolute atomic E-state index is 11.1. The van der Waals surface area contributed by atoms with E-state index in [2.05, 4.69) is 15.4 Å². The van der Waals surface area contributed by atoms with Crippen molar-refractivity contribution in [2.45, 2.75) is 13.0 Å². The van der Waals surface area contributed by atoms with Crippen molar-refractivity contribution in [3.8, 4) is 0 Å². The molecule has 0 saturated carbocycles. The Morgan fingerprint density at radius 2 is 2.15 bits per heavy atom. The van der Waals surface area contributed by atoms with E-state index in [1.807, 2.05) is 0 Å². The van der Waals surface area contributed by atoms with E-state index in [-0.39, 0.29) is 25.1 Å². The van der Waals surface area contributed by atoms with Crippen molar-refractivity contribution in [3.63, 3.8) is 0 Å². The van der Waals surface area contributed by atoms with Crippen molar-refractivity contribution in [2.75, 3.05) is 20.2 Å². The van der Waals surface area contributed by atoms with Crippen molar-refractivity contribution in [2.24, 2.45) is 5.73 Å². The molecule has 0 radical (unpaired) electrons. The summed E-state index contributed by atoms with van der Waals surface area (Å²) in [6.07, 6.45) is -0.837. The minimum atomic E-state index is -0.837. The summed E-state index contributed by atoms with van der Waals surface area (Å²) >= 11 is 0. The van der Waals surface area contributed by atoms with Crippen molar-refractivity contribution in [1.29, 1.82) is 0 Å². The summed E-state index contributed by atoms with van der Waals surface area (Å²) in [5.41, 5.74) is 4.71. The van der Waals surface area contributed by atoms with Crippen LogP contribution >= 0.6 is 0 Å². The van der Waals surface area contributed by atoms with Crippen LogP contribution < -0.4 is 16.4 Å². The van der Waals surface area contributed by atoms with Crippen LogP contribution in [0.3, 0.4) is 0 Å². The Balaban J connectivity index is 3.42. The summed E-state index contributed by atoms with van der Waals surface area (Å²) in [4.78, 5) is 21.2. The zero-order valence-corrected chi connectivity index (χ0v) is 7.79. The van der Waals surface area contributed by atoms with Gasteiger partial charge in [0, 0.05) is 0 Å². The van der Waals surface area contributed by atoms with Crippen LogP contribution in [0, 0.1) is 0 Å². The van der Waals surface area contributed by atoms with Gasteiger partial charge in [0.2, 0.25) is 5.91 Å². The molecule has 0 aliphatic carbocycles. The smallest absolute Gasteiger partial charge is 0.404 e. The topological polar surface area (TPSA) is 93.4 Å². The van der Waals surface area contributed by atoms with E-state index in [9.17, 15) is 9.59 Å². The fourth-order valence-electron chi connectivity index (χ4n) is 0.610. The Morgan fingerprint density at radius 1 is 1.54 bits per heavy atom. The summed E-state index contributed by atoms with van der Waals surface area (Å²) in [5, 5.41) is 5.32. The first kappa shape index (κ1) is 11.7. The first-order valence-electron chi connectivity index (χ1n) is 3.95. The van der Waals surface area contributed by atoms with Gasteiger partial charge in [-0.2, -0.15) is 0 Å². The molecular weight excluding hydrogens is 174 g/mol. The minimum absolute atomic E-state index is 0.0947. The third kappa shape index (κ3) is 5.92. The van der Waals surface area contributed by atoms with Crippen LogP contribution in [0.15, 0.2) is 0 Å². The normalized spacial score (nSPS) is 11.8. The van der Waals surface area contributed by atoms with Crippen LogP contribution in [0.5, 0.6) is 0 Å². The Labute approximate surface area is 76.8 Å². The molecular formula is C7H15N3O3. The first-order chi connectivity index (χ1) is 6.07. The maximum Gasteiger partial charge on any atom is 0.404 e. The lowest BCUT2D eigenvalue weighted by molar-refractivity contribution is -0.122. The molecule has 0 aromatic carbocycles. The van der Waals surface area contributed by atoms with E-state index in [0.717, 1.165) is 0 Å². The van der Waals surface area contributed by atoms with Gasteiger partial charge >= 0.3 is 6.09 Å². The van der Waals surface area contributed by atoms with Crippen LogP contribution in [0.4, 0.5) is 4.79 Å². The lowest BCUT2D eigenvalue weighted by Gasteiger charge is -2.10. The lowest BCUT2D eigenvalue weighted by atomic mass is 10.3. The number of carbonyl (C=O) groups excluding carboxylic acids is 2. The van der Waals surface area contributed by atoms with Gasteiger partial charge in [-0.3, -0.25) is 4.79 Å². The number of hydrogen-bond acceptors (Lipinski definition) is 4. The van der Waals surface area contributed by atoms with Crippen LogP contribution in [0.2, 0.25) is 0 Å². The van der Waals surface area contributed by atoms with Gasteiger partial charge in [0.15, 0.2) is 0 Å². The van der Waals surface area contributed by atoms with E-state index in [0.29, 0.717) is 0 Å². The first-order valence-corrected chi connectivity index (χ1v) is 3.95. The summed E-state index contributed by atoms with van der Waals surface area (Å²) in [6.45, 7) is 2.09. The molecule has 76 valence electrons. The molecule has 0 aliphatic rings. The molecule has 6 nitrogen and oxygen atoms in total. The van der Waals surface area contributed by atoms with Gasteiger partial charge in [0.25, 0.3) is 0 Å². The third-order valence-corrected chi connectivity index (χ3v) is 1.47. The highest BCUT2D eigenvalue weighted by Crippen LogP contribution is 1.79. The highest BCUT2D eigenvalue weighted by atomic mass is 16.5. The van der Waals surface area contributed by atoms with Crippen molar-refractivity contribution < 1.29 is 14.3 Å². The van der Waals surface area contributed by atoms with Gasteiger partial charge < -0.3 is 21.1 Å². The number of carbonyl (C=O) groups is 2. The van der Waals surface area contributed by atoms with E-state index in [4.69, 9.17) is 5.73 Å². The fraction of sp³-hybridized carbons (Fsp3) is 0.714. The molecule has 1 atom stereocenters. The molecule has 1 unspecified atom stereocenters. The largest absolute Gasteiger partial charge is 0.448 e. The minimum Gasteiger partial charge on any atom is -0.448 e. The fourth-order valence-corrected chi connectivity index (χ4v) is 0.610. The second-order valence-electron chi connectivity index (χ2n) is 2.47. The Bertz CT molecular complexity index is 184. The highest BCUT2D eigenvalue weighted by Gasteiger charge is 2.08. The molecule has 13 heavy (non-hydrogen) atoms. The number of amides is 2.